The van der Waals surface area contributed by atoms with Gasteiger partial charge >= 0.3 is 0 Å². The van der Waals surface area contributed by atoms with Crippen molar-refractivity contribution in [2.75, 3.05) is 35.4 Å². The van der Waals surface area contributed by atoms with Crippen molar-refractivity contribution in [1.29, 1.82) is 0 Å². The van der Waals surface area contributed by atoms with E-state index in [9.17, 15) is 13.0 Å². The van der Waals surface area contributed by atoms with Crippen LogP contribution >= 0.6 is 0 Å². The minimum absolute atomic E-state index is 0.808. The Morgan fingerprint density at radius 1 is 1.06 bits per heavy atom. The summed E-state index contributed by atoms with van der Waals surface area (Å²) in [6, 6.07) is 8.13. The normalized spacial score (nSPS) is 11.4. The summed E-state index contributed by atoms with van der Waals surface area (Å²) in [4.78, 5) is 0. The van der Waals surface area contributed by atoms with Gasteiger partial charge in [0.2, 0.25) is 10.4 Å². The van der Waals surface area contributed by atoms with Gasteiger partial charge in [-0.3, -0.25) is 8.67 Å². The van der Waals surface area contributed by atoms with Gasteiger partial charge in [-0.15, -0.1) is 0 Å². The number of methoxy groups -OCH3 is 1. The van der Waals surface area contributed by atoms with Crippen molar-refractivity contribution in [3.8, 4) is 5.75 Å². The predicted octanol–water partition coefficient (Wildman–Crippen LogP) is 0.985. The standard InChI is InChI=1S/C10H16NO.CH4O4S/c1-11(2,3)9-5-7-10(12-4)8-6-9;1-5-6(2,3)4/h5-8H,1-4H3;1H3,(H,2,3,4)/q+1;/p-1. The largest absolute Gasteiger partial charge is 0.726 e. The van der Waals surface area contributed by atoms with E-state index in [2.05, 4.69) is 37.5 Å². The quantitative estimate of drug-likeness (QED) is 0.468. The molecule has 0 radical (unpaired) electrons. The van der Waals surface area contributed by atoms with Crippen LogP contribution in [0.4, 0.5) is 5.69 Å². The highest BCUT2D eigenvalue weighted by Gasteiger charge is 2.10. The molecule has 18 heavy (non-hydrogen) atoms. The third-order valence-electron chi connectivity index (χ3n) is 2.05. The maximum atomic E-state index is 9.22. The molecule has 0 atom stereocenters. The molecule has 1 aromatic carbocycles. The third-order valence-corrected chi connectivity index (χ3v) is 2.46. The van der Waals surface area contributed by atoms with Crippen LogP contribution in [0.15, 0.2) is 24.3 Å². The molecule has 1 aromatic rings. The summed E-state index contributed by atoms with van der Waals surface area (Å²) in [6.07, 6.45) is 0. The summed E-state index contributed by atoms with van der Waals surface area (Å²) in [6.45, 7) is 0. The molecule has 0 heterocycles. The number of quaternary nitrogens is 1. The summed E-state index contributed by atoms with van der Waals surface area (Å²) in [5.74, 6) is 0.909. The smallest absolute Gasteiger partial charge is 0.217 e. The number of rotatable bonds is 3. The molecule has 104 valence electrons. The Morgan fingerprint density at radius 3 is 1.67 bits per heavy atom. The lowest BCUT2D eigenvalue weighted by Gasteiger charge is -2.23. The van der Waals surface area contributed by atoms with Crippen LogP contribution in [0.5, 0.6) is 5.75 Å². The molecular weight excluding hydrogens is 258 g/mol. The molecule has 0 aromatic heterocycles. The molecule has 0 aliphatic heterocycles. The molecule has 7 heteroatoms. The Kier molecular flexibility index (Phi) is 6.27. The fourth-order valence-electron chi connectivity index (χ4n) is 1.03. The van der Waals surface area contributed by atoms with E-state index >= 15 is 0 Å². The van der Waals surface area contributed by atoms with Gasteiger partial charge in [-0.05, 0) is 12.1 Å². The molecule has 0 saturated carbocycles. The minimum atomic E-state index is -4.41. The van der Waals surface area contributed by atoms with Crippen molar-refractivity contribution in [2.24, 2.45) is 0 Å². The lowest BCUT2D eigenvalue weighted by Crippen LogP contribution is -2.34. The van der Waals surface area contributed by atoms with Gasteiger partial charge in [0.1, 0.15) is 11.4 Å². The van der Waals surface area contributed by atoms with Gasteiger partial charge in [-0.1, -0.05) is 0 Å². The lowest BCUT2D eigenvalue weighted by atomic mass is 10.2. The van der Waals surface area contributed by atoms with Gasteiger partial charge in [-0.2, -0.15) is 0 Å². The van der Waals surface area contributed by atoms with E-state index in [-0.39, 0.29) is 0 Å². The first-order valence-corrected chi connectivity index (χ1v) is 6.41. The van der Waals surface area contributed by atoms with E-state index in [1.165, 1.54) is 5.69 Å². The highest BCUT2D eigenvalue weighted by atomic mass is 32.3. The zero-order valence-corrected chi connectivity index (χ0v) is 12.0. The lowest BCUT2D eigenvalue weighted by molar-refractivity contribution is 0.314. The molecule has 0 amide bonds. The van der Waals surface area contributed by atoms with Crippen LogP contribution in [-0.2, 0) is 14.6 Å². The number of benzene rings is 1. The first-order valence-electron chi connectivity index (χ1n) is 5.07. The topological polar surface area (TPSA) is 75.7 Å². The van der Waals surface area contributed by atoms with Gasteiger partial charge in [0.15, 0.2) is 0 Å². The van der Waals surface area contributed by atoms with Crippen LogP contribution in [0.2, 0.25) is 0 Å². The van der Waals surface area contributed by atoms with Gasteiger partial charge in [-0.25, -0.2) is 8.42 Å². The van der Waals surface area contributed by atoms with E-state index < -0.39 is 10.4 Å². The van der Waals surface area contributed by atoms with Crippen molar-refractivity contribution >= 4 is 16.1 Å². The van der Waals surface area contributed by atoms with Crippen LogP contribution in [0.3, 0.4) is 0 Å². The highest BCUT2D eigenvalue weighted by molar-refractivity contribution is 7.80. The molecule has 0 aliphatic carbocycles. The molecular formula is C11H19NO5S. The molecule has 0 fully saturated rings. The van der Waals surface area contributed by atoms with Crippen molar-refractivity contribution in [2.45, 2.75) is 0 Å². The van der Waals surface area contributed by atoms with Crippen LogP contribution < -0.4 is 9.22 Å². The second-order valence-electron chi connectivity index (χ2n) is 4.29. The number of nitrogens with zero attached hydrogens (tertiary/aromatic N) is 1. The van der Waals surface area contributed by atoms with E-state index in [0.717, 1.165) is 17.3 Å². The molecule has 0 saturated heterocycles. The number of hydrogen-bond donors (Lipinski definition) is 0. The molecule has 1 rings (SSSR count). The summed E-state index contributed by atoms with van der Waals surface area (Å²) in [7, 11) is 4.50. The average Bonchev–Trinajstić information content (AvgIpc) is 2.28. The molecule has 0 N–H and O–H groups in total. The van der Waals surface area contributed by atoms with Gasteiger partial charge in [0.05, 0.1) is 35.4 Å². The second kappa shape index (κ2) is 6.69. The SMILES string of the molecule is COS(=O)(=O)[O-].COc1ccc([N+](C)(C)C)cc1. The minimum Gasteiger partial charge on any atom is -0.726 e. The first-order chi connectivity index (χ1) is 8.10. The van der Waals surface area contributed by atoms with E-state index in [0.29, 0.717) is 0 Å². The molecule has 0 aliphatic rings. The maximum Gasteiger partial charge on any atom is 0.217 e. The fourth-order valence-corrected chi connectivity index (χ4v) is 1.03. The summed E-state index contributed by atoms with van der Waals surface area (Å²) < 4.78 is 36.9. The zero-order valence-electron chi connectivity index (χ0n) is 11.2. The summed E-state index contributed by atoms with van der Waals surface area (Å²) in [5.41, 5.74) is 1.27. The summed E-state index contributed by atoms with van der Waals surface area (Å²) >= 11 is 0. The maximum absolute atomic E-state index is 9.22. The zero-order chi connectivity index (χ0) is 14.4. The van der Waals surface area contributed by atoms with Crippen LogP contribution in [-0.4, -0.2) is 48.3 Å². The Bertz CT molecular complexity index is 447. The van der Waals surface area contributed by atoms with Crippen LogP contribution in [0.25, 0.3) is 0 Å². The van der Waals surface area contributed by atoms with Crippen LogP contribution in [0, 0.1) is 0 Å². The van der Waals surface area contributed by atoms with E-state index in [1.807, 2.05) is 12.1 Å². The highest BCUT2D eigenvalue weighted by Crippen LogP contribution is 2.20. The summed E-state index contributed by atoms with van der Waals surface area (Å²) in [5, 5.41) is 0. The van der Waals surface area contributed by atoms with Gasteiger partial charge < -0.3 is 9.29 Å². The molecule has 0 spiro atoms. The Labute approximate surface area is 108 Å². The van der Waals surface area contributed by atoms with Crippen molar-refractivity contribution in [1.82, 2.24) is 4.48 Å². The molecule has 0 unspecified atom stereocenters. The van der Waals surface area contributed by atoms with Gasteiger partial charge in [0.25, 0.3) is 0 Å². The molecule has 0 bridgehead atoms. The van der Waals surface area contributed by atoms with Crippen molar-refractivity contribution in [3.05, 3.63) is 24.3 Å². The van der Waals surface area contributed by atoms with E-state index in [1.54, 1.807) is 7.11 Å². The van der Waals surface area contributed by atoms with E-state index in [4.69, 9.17) is 4.74 Å². The monoisotopic (exact) mass is 277 g/mol. The third kappa shape index (κ3) is 7.23. The van der Waals surface area contributed by atoms with Gasteiger partial charge in [0, 0.05) is 12.1 Å². The Balaban J connectivity index is 0.000000411. The fraction of sp³-hybridized carbons (Fsp3) is 0.455. The Morgan fingerprint density at radius 2 is 1.44 bits per heavy atom. The number of ether oxygens (including phenoxy) is 1. The predicted molar refractivity (Wildman–Crippen MR) is 69.3 cm³/mol. The Hall–Kier alpha value is -1.15. The second-order valence-corrected chi connectivity index (χ2v) is 5.44. The molecule has 6 nitrogen and oxygen atoms in total. The average molecular weight is 277 g/mol. The van der Waals surface area contributed by atoms with Crippen molar-refractivity contribution < 1.29 is 21.9 Å². The number of hydrogen-bond acceptors (Lipinski definition) is 5. The first kappa shape index (κ1) is 16.9. The van der Waals surface area contributed by atoms with Crippen molar-refractivity contribution in [3.63, 3.8) is 0 Å². The van der Waals surface area contributed by atoms with Crippen LogP contribution in [0.1, 0.15) is 0 Å².